The van der Waals surface area contributed by atoms with E-state index in [1.54, 1.807) is 13.8 Å². The lowest BCUT2D eigenvalue weighted by Gasteiger charge is -2.10. The first-order valence-electron chi connectivity index (χ1n) is 5.72. The average Bonchev–Trinajstić information content (AvgIpc) is 2.68. The van der Waals surface area contributed by atoms with Gasteiger partial charge in [-0.1, -0.05) is 17.2 Å². The fourth-order valence-electron chi connectivity index (χ4n) is 1.56. The quantitative estimate of drug-likeness (QED) is 0.871. The third-order valence-corrected chi connectivity index (χ3v) is 2.30. The van der Waals surface area contributed by atoms with Gasteiger partial charge >= 0.3 is 18.0 Å². The van der Waals surface area contributed by atoms with Crippen LogP contribution in [0.3, 0.4) is 0 Å². The minimum absolute atomic E-state index is 0.320. The van der Waals surface area contributed by atoms with Gasteiger partial charge in [-0.3, -0.25) is 0 Å². The Morgan fingerprint density at radius 3 is 2.55 bits per heavy atom. The Balaban J connectivity index is 2.53. The van der Waals surface area contributed by atoms with Crippen LogP contribution in [0.5, 0.6) is 6.08 Å². The van der Waals surface area contributed by atoms with Crippen LogP contribution in [0.1, 0.15) is 19.4 Å². The van der Waals surface area contributed by atoms with E-state index >= 15 is 0 Å². The summed E-state index contributed by atoms with van der Waals surface area (Å²) in [5, 5.41) is 3.61. The van der Waals surface area contributed by atoms with E-state index in [2.05, 4.69) is 9.52 Å². The second-order valence-electron chi connectivity index (χ2n) is 4.23. The van der Waals surface area contributed by atoms with Gasteiger partial charge in [0.25, 0.3) is 0 Å². The van der Waals surface area contributed by atoms with Gasteiger partial charge in [0.15, 0.2) is 0 Å². The molecule has 2 rings (SSSR count). The van der Waals surface area contributed by atoms with Crippen molar-refractivity contribution in [3.8, 4) is 11.8 Å². The number of para-hydroxylation sites is 1. The van der Waals surface area contributed by atoms with Gasteiger partial charge in [-0.15, -0.1) is 0 Å². The lowest BCUT2D eigenvalue weighted by Crippen LogP contribution is -2.18. The first-order valence-corrected chi connectivity index (χ1v) is 5.72. The third-order valence-electron chi connectivity index (χ3n) is 2.30. The molecule has 0 saturated carbocycles. The van der Waals surface area contributed by atoms with Gasteiger partial charge in [0.1, 0.15) is 0 Å². The van der Waals surface area contributed by atoms with Crippen LogP contribution >= 0.6 is 0 Å². The van der Waals surface area contributed by atoms with Gasteiger partial charge in [0, 0.05) is 0 Å². The molecule has 5 nitrogen and oxygen atoms in total. The summed E-state index contributed by atoms with van der Waals surface area (Å²) in [6, 6.07) is 4.59. The van der Waals surface area contributed by atoms with Crippen molar-refractivity contribution in [1.29, 1.82) is 0 Å². The summed E-state index contributed by atoms with van der Waals surface area (Å²) >= 11 is 0. The second-order valence-corrected chi connectivity index (χ2v) is 4.23. The summed E-state index contributed by atoms with van der Waals surface area (Å²) < 4.78 is 48.9. The Labute approximate surface area is 111 Å². The molecule has 0 bridgehead atoms. The van der Waals surface area contributed by atoms with Crippen LogP contribution in [0.2, 0.25) is 0 Å². The van der Waals surface area contributed by atoms with Crippen molar-refractivity contribution < 1.29 is 22.3 Å². The van der Waals surface area contributed by atoms with Crippen LogP contribution in [-0.4, -0.2) is 15.9 Å². The number of alkyl halides is 3. The van der Waals surface area contributed by atoms with Crippen molar-refractivity contribution in [1.82, 2.24) is 9.78 Å². The predicted octanol–water partition coefficient (Wildman–Crippen LogP) is 2.63. The maximum atomic E-state index is 12.9. The van der Waals surface area contributed by atoms with E-state index in [1.165, 1.54) is 12.1 Å². The second kappa shape index (κ2) is 5.03. The number of nitrogens with zero attached hydrogens (tertiary/aromatic N) is 2. The molecule has 0 aliphatic carbocycles. The normalized spacial score (nSPS) is 11.9. The molecule has 0 aliphatic rings. The molecule has 1 heterocycles. The fourth-order valence-corrected chi connectivity index (χ4v) is 1.56. The highest BCUT2D eigenvalue weighted by molar-refractivity contribution is 5.41. The van der Waals surface area contributed by atoms with Crippen LogP contribution in [0.15, 0.2) is 33.5 Å². The third kappa shape index (κ3) is 2.84. The summed E-state index contributed by atoms with van der Waals surface area (Å²) in [4.78, 5) is 11.6. The van der Waals surface area contributed by atoms with Gasteiger partial charge < -0.3 is 9.15 Å². The lowest BCUT2D eigenvalue weighted by atomic mass is 10.2. The Hall–Kier alpha value is -2.25. The van der Waals surface area contributed by atoms with Gasteiger partial charge in [-0.25, -0.2) is 4.79 Å². The number of ether oxygens (including phenoxy) is 1. The first kappa shape index (κ1) is 14.2. The SMILES string of the molecule is CC(C)Oc1nn(-c2ccccc2C(F)(F)F)c(=O)o1. The van der Waals surface area contributed by atoms with Crippen molar-refractivity contribution in [2.24, 2.45) is 0 Å². The fraction of sp³-hybridized carbons (Fsp3) is 0.333. The topological polar surface area (TPSA) is 57.3 Å². The van der Waals surface area contributed by atoms with Crippen molar-refractivity contribution in [3.05, 3.63) is 40.4 Å². The molecule has 1 aromatic heterocycles. The molecule has 8 heteroatoms. The number of rotatable bonds is 3. The molecule has 0 fully saturated rings. The molecular weight excluding hydrogens is 277 g/mol. The van der Waals surface area contributed by atoms with Crippen molar-refractivity contribution >= 4 is 0 Å². The molecule has 0 radical (unpaired) electrons. The number of halogens is 3. The Kier molecular flexibility index (Phi) is 3.56. The van der Waals surface area contributed by atoms with E-state index in [-0.39, 0.29) is 12.2 Å². The van der Waals surface area contributed by atoms with Gasteiger partial charge in [0.2, 0.25) is 0 Å². The van der Waals surface area contributed by atoms with Crippen LogP contribution in [0, 0.1) is 0 Å². The lowest BCUT2D eigenvalue weighted by molar-refractivity contribution is -0.137. The maximum Gasteiger partial charge on any atom is 0.444 e. The summed E-state index contributed by atoms with van der Waals surface area (Å²) in [5.41, 5.74) is -1.39. The summed E-state index contributed by atoms with van der Waals surface area (Å²) in [6.45, 7) is 3.34. The Morgan fingerprint density at radius 2 is 1.95 bits per heavy atom. The number of benzene rings is 1. The first-order chi connectivity index (χ1) is 9.29. The number of hydrogen-bond acceptors (Lipinski definition) is 4. The van der Waals surface area contributed by atoms with Crippen molar-refractivity contribution in [2.75, 3.05) is 0 Å². The number of hydrogen-bond donors (Lipinski definition) is 0. The molecule has 0 spiro atoms. The summed E-state index contributed by atoms with van der Waals surface area (Å²) in [6.07, 6.45) is -5.30. The molecule has 0 aliphatic heterocycles. The Bertz CT molecular complexity index is 658. The van der Waals surface area contributed by atoms with E-state index in [9.17, 15) is 18.0 Å². The number of aromatic nitrogens is 2. The largest absolute Gasteiger partial charge is 0.446 e. The zero-order chi connectivity index (χ0) is 14.9. The highest BCUT2D eigenvalue weighted by Crippen LogP contribution is 2.33. The van der Waals surface area contributed by atoms with E-state index in [0.29, 0.717) is 4.68 Å². The summed E-state index contributed by atoms with van der Waals surface area (Å²) in [5.74, 6) is -1.04. The molecule has 0 saturated heterocycles. The molecule has 0 unspecified atom stereocenters. The molecule has 108 valence electrons. The molecular formula is C12H11F3N2O3. The molecule has 2 aromatic rings. The maximum absolute atomic E-state index is 12.9. The Morgan fingerprint density at radius 1 is 1.30 bits per heavy atom. The van der Waals surface area contributed by atoms with Crippen LogP contribution in [0.4, 0.5) is 13.2 Å². The molecule has 20 heavy (non-hydrogen) atoms. The zero-order valence-corrected chi connectivity index (χ0v) is 10.6. The predicted molar refractivity (Wildman–Crippen MR) is 62.9 cm³/mol. The van der Waals surface area contributed by atoms with Crippen LogP contribution in [-0.2, 0) is 6.18 Å². The monoisotopic (exact) mass is 288 g/mol. The molecule has 1 aromatic carbocycles. The highest BCUT2D eigenvalue weighted by Gasteiger charge is 2.34. The molecule has 0 atom stereocenters. The van der Waals surface area contributed by atoms with Crippen LogP contribution < -0.4 is 10.5 Å². The van der Waals surface area contributed by atoms with Gasteiger partial charge in [0.05, 0.1) is 17.4 Å². The van der Waals surface area contributed by atoms with E-state index in [4.69, 9.17) is 4.74 Å². The zero-order valence-electron chi connectivity index (χ0n) is 10.6. The molecule has 0 amide bonds. The summed E-state index contributed by atoms with van der Waals surface area (Å²) in [7, 11) is 0. The van der Waals surface area contributed by atoms with Gasteiger partial charge in [-0.05, 0) is 26.0 Å². The van der Waals surface area contributed by atoms with E-state index < -0.39 is 23.2 Å². The van der Waals surface area contributed by atoms with Crippen LogP contribution in [0.25, 0.3) is 5.69 Å². The van der Waals surface area contributed by atoms with Gasteiger partial charge in [-0.2, -0.15) is 17.9 Å². The van der Waals surface area contributed by atoms with E-state index in [0.717, 1.165) is 12.1 Å². The standard InChI is InChI=1S/C12H11F3N2O3/c1-7(2)19-10-16-17(11(18)20-10)9-6-4-3-5-8(9)12(13,14)15/h3-7H,1-2H3. The highest BCUT2D eigenvalue weighted by atomic mass is 19.4. The smallest absolute Gasteiger partial charge is 0.444 e. The van der Waals surface area contributed by atoms with E-state index in [1.807, 2.05) is 0 Å². The average molecular weight is 288 g/mol. The van der Waals surface area contributed by atoms with Crippen molar-refractivity contribution in [2.45, 2.75) is 26.1 Å². The van der Waals surface area contributed by atoms with Crippen molar-refractivity contribution in [3.63, 3.8) is 0 Å². The minimum atomic E-state index is -4.60. The molecule has 0 N–H and O–H groups in total. The minimum Gasteiger partial charge on any atom is -0.446 e.